The number of ketones is 1. The number of hydrogen-bond donors (Lipinski definition) is 1. The van der Waals surface area contributed by atoms with Crippen molar-refractivity contribution in [2.45, 2.75) is 53.4 Å². The minimum absolute atomic E-state index is 0. The van der Waals surface area contributed by atoms with E-state index in [1.54, 1.807) is 0 Å². The van der Waals surface area contributed by atoms with E-state index in [0.717, 1.165) is 81.2 Å². The Balaban J connectivity index is 0.000000204. The number of aromatic nitrogens is 1. The fourth-order valence-corrected chi connectivity index (χ4v) is 5.35. The van der Waals surface area contributed by atoms with Crippen molar-refractivity contribution < 1.29 is 39.2 Å². The number of para-hydroxylation sites is 1. The van der Waals surface area contributed by atoms with Crippen LogP contribution in [0.15, 0.2) is 77.0 Å². The second-order valence-corrected chi connectivity index (χ2v) is 9.95. The molecule has 1 aliphatic rings. The van der Waals surface area contributed by atoms with Crippen LogP contribution >= 0.6 is 0 Å². The van der Waals surface area contributed by atoms with Crippen molar-refractivity contribution in [3.63, 3.8) is 0 Å². The van der Waals surface area contributed by atoms with E-state index in [-0.39, 0.29) is 43.5 Å². The summed E-state index contributed by atoms with van der Waals surface area (Å²) in [7, 11) is 0. The van der Waals surface area contributed by atoms with Gasteiger partial charge in [0.15, 0.2) is 17.3 Å². The molecule has 0 amide bonds. The molecule has 1 radical (unpaired) electrons. The summed E-state index contributed by atoms with van der Waals surface area (Å²) in [5, 5.41) is 13.8. The van der Waals surface area contributed by atoms with Gasteiger partial charge in [-0.15, -0.1) is 35.0 Å². The number of carbonyl (C=O) groups excluding carboxylic acids is 1. The fourth-order valence-electron chi connectivity index (χ4n) is 5.35. The number of benzene rings is 3. The van der Waals surface area contributed by atoms with Gasteiger partial charge in [0.05, 0.1) is 11.1 Å². The Morgan fingerprint density at radius 1 is 1.00 bits per heavy atom. The van der Waals surface area contributed by atoms with E-state index in [9.17, 15) is 9.90 Å². The van der Waals surface area contributed by atoms with Crippen LogP contribution in [-0.2, 0) is 24.9 Å². The predicted octanol–water partition coefficient (Wildman–Crippen LogP) is 9.57. The molecular weight excluding hydrogens is 679 g/mol. The van der Waals surface area contributed by atoms with Crippen LogP contribution in [0.5, 0.6) is 11.5 Å². The number of furan rings is 1. The minimum Gasteiger partial charge on any atom is -0.512 e. The Hall–Kier alpha value is -3.47. The molecule has 5 nitrogen and oxygen atoms in total. The molecule has 3 aromatic carbocycles. The van der Waals surface area contributed by atoms with Gasteiger partial charge in [-0.2, -0.15) is 0 Å². The third-order valence-electron chi connectivity index (χ3n) is 7.70. The van der Waals surface area contributed by atoms with Gasteiger partial charge in [-0.3, -0.25) is 4.79 Å². The van der Waals surface area contributed by atoms with Crippen molar-refractivity contribution in [1.82, 2.24) is 4.98 Å². The second-order valence-electron chi connectivity index (χ2n) is 9.95. The quantitative estimate of drug-likeness (QED) is 0.0773. The maximum absolute atomic E-state index is 11.7. The third-order valence-corrected chi connectivity index (χ3v) is 7.70. The average Bonchev–Trinajstić information content (AvgIpc) is 3.34. The third kappa shape index (κ3) is 5.43. The van der Waals surface area contributed by atoms with Crippen LogP contribution in [0, 0.1) is 17.9 Å². The van der Waals surface area contributed by atoms with Crippen molar-refractivity contribution in [3.8, 4) is 22.8 Å². The molecule has 0 bridgehead atoms. The largest absolute Gasteiger partial charge is 0.512 e. The average molecular weight is 713 g/mol. The summed E-state index contributed by atoms with van der Waals surface area (Å²) in [6.45, 7) is 8.07. The van der Waals surface area contributed by atoms with Crippen LogP contribution in [0.1, 0.15) is 53.4 Å². The van der Waals surface area contributed by atoms with Crippen LogP contribution in [0.4, 0.5) is 0 Å². The Labute approximate surface area is 248 Å². The van der Waals surface area contributed by atoms with Crippen LogP contribution in [0.2, 0.25) is 0 Å². The molecule has 5 aromatic rings. The molecule has 6 rings (SSSR count). The molecule has 0 aliphatic carbocycles. The van der Waals surface area contributed by atoms with Gasteiger partial charge < -0.3 is 19.2 Å². The first-order valence-corrected chi connectivity index (χ1v) is 13.9. The van der Waals surface area contributed by atoms with E-state index in [1.807, 2.05) is 76.4 Å². The zero-order valence-corrected chi connectivity index (χ0v) is 25.7. The summed E-state index contributed by atoms with van der Waals surface area (Å²) >= 11 is 0. The predicted molar refractivity (Wildman–Crippen MR) is 157 cm³/mol. The Morgan fingerprint density at radius 2 is 1.73 bits per heavy atom. The van der Waals surface area contributed by atoms with Gasteiger partial charge in [0.1, 0.15) is 11.3 Å². The number of nitrogens with zero attached hydrogens (tertiary/aromatic N) is 1. The first kappa shape index (κ1) is 29.5. The monoisotopic (exact) mass is 713 g/mol. The fraction of sp³-hybridized carbons (Fsp3) is 0.294. The van der Waals surface area contributed by atoms with E-state index in [1.165, 1.54) is 6.08 Å². The van der Waals surface area contributed by atoms with Crippen LogP contribution < -0.4 is 4.74 Å². The van der Waals surface area contributed by atoms with Crippen LogP contribution in [0.25, 0.3) is 44.0 Å². The first-order chi connectivity index (χ1) is 19.0. The van der Waals surface area contributed by atoms with Crippen molar-refractivity contribution in [1.29, 1.82) is 0 Å². The van der Waals surface area contributed by atoms with Gasteiger partial charge in [-0.1, -0.05) is 45.9 Å². The van der Waals surface area contributed by atoms with Gasteiger partial charge >= 0.3 is 0 Å². The Bertz CT molecular complexity index is 1680. The number of hydrogen-bond acceptors (Lipinski definition) is 5. The molecule has 0 saturated carbocycles. The number of allylic oxidation sites excluding steroid dienone is 2. The normalized spacial score (nSPS) is 12.2. The zero-order valence-electron chi connectivity index (χ0n) is 23.3. The summed E-state index contributed by atoms with van der Waals surface area (Å²) in [6.07, 6.45) is 6.73. The standard InChI is InChI=1S/C21H10NO2.C13H24O2.Ir/c1-2-6-13-12(5-1)11-17-18-15(9-10-22-19(13)18)21-20(24-17)14-7-3-4-8-16(14)23-21;1-5-10(6-2)12(14)9-13(15)11(7-3)8-4;/h1-5,7-11H;9-11,14H,5-8H2,1-4H3;/q-1;;/b;12-9-;. The maximum atomic E-state index is 11.7. The molecule has 6 heteroatoms. The van der Waals surface area contributed by atoms with Crippen LogP contribution in [-0.4, -0.2) is 15.9 Å². The molecule has 1 aliphatic heterocycles. The summed E-state index contributed by atoms with van der Waals surface area (Å²) in [5.41, 5.74) is 2.75. The number of pyridine rings is 1. The van der Waals surface area contributed by atoms with E-state index in [2.05, 4.69) is 23.2 Å². The van der Waals surface area contributed by atoms with Crippen molar-refractivity contribution in [3.05, 3.63) is 78.7 Å². The van der Waals surface area contributed by atoms with Crippen molar-refractivity contribution >= 4 is 38.4 Å². The number of aliphatic hydroxyl groups is 1. The SMILES string of the molecule is CCC(CC)C(=O)/C=C(\O)C(CC)CC.[Ir].[c-]1cccc2cc3c4c(ccnc4c12)-c1oc2ccccc2c1O3. The topological polar surface area (TPSA) is 72.6 Å². The summed E-state index contributed by atoms with van der Waals surface area (Å²) in [6, 6.07) is 21.2. The summed E-state index contributed by atoms with van der Waals surface area (Å²) < 4.78 is 12.3. The summed E-state index contributed by atoms with van der Waals surface area (Å²) in [5.74, 6) is 2.92. The molecule has 3 heterocycles. The molecule has 40 heavy (non-hydrogen) atoms. The molecule has 2 aromatic heterocycles. The molecule has 0 spiro atoms. The molecule has 209 valence electrons. The molecular formula is C34H34IrNO4-. The number of carbonyl (C=O) groups is 1. The molecule has 0 atom stereocenters. The van der Waals surface area contributed by atoms with Crippen molar-refractivity contribution in [2.75, 3.05) is 0 Å². The van der Waals surface area contributed by atoms with Gasteiger partial charge in [-0.05, 0) is 43.9 Å². The number of fused-ring (bicyclic) bond motifs is 6. The van der Waals surface area contributed by atoms with Gasteiger partial charge in [0.2, 0.25) is 0 Å². The van der Waals surface area contributed by atoms with E-state index < -0.39 is 0 Å². The van der Waals surface area contributed by atoms with Crippen molar-refractivity contribution in [2.24, 2.45) is 11.8 Å². The van der Waals surface area contributed by atoms with Gasteiger partial charge in [-0.25, -0.2) is 0 Å². The van der Waals surface area contributed by atoms with E-state index in [0.29, 0.717) is 0 Å². The molecule has 0 saturated heterocycles. The van der Waals surface area contributed by atoms with Gasteiger partial charge in [0.25, 0.3) is 0 Å². The molecule has 1 N–H and O–H groups in total. The van der Waals surface area contributed by atoms with Crippen LogP contribution in [0.3, 0.4) is 0 Å². The molecule has 0 unspecified atom stereocenters. The number of aliphatic hydroxyl groups excluding tert-OH is 1. The number of ether oxygens (including phenoxy) is 1. The molecule has 0 fully saturated rings. The maximum Gasteiger partial charge on any atom is 0.181 e. The second kappa shape index (κ2) is 12.8. The van der Waals surface area contributed by atoms with E-state index >= 15 is 0 Å². The summed E-state index contributed by atoms with van der Waals surface area (Å²) in [4.78, 5) is 16.3. The Morgan fingerprint density at radius 3 is 2.45 bits per heavy atom. The first-order valence-electron chi connectivity index (χ1n) is 13.9. The zero-order chi connectivity index (χ0) is 27.5. The Kier molecular flexibility index (Phi) is 9.44. The number of rotatable bonds is 7. The minimum atomic E-state index is 0. The van der Waals surface area contributed by atoms with Gasteiger partial charge in [0, 0.05) is 60.7 Å². The smallest absolute Gasteiger partial charge is 0.181 e. The van der Waals surface area contributed by atoms with E-state index in [4.69, 9.17) is 9.15 Å².